The lowest BCUT2D eigenvalue weighted by atomic mass is 9.71. The molecule has 0 aliphatic heterocycles. The second-order valence-electron chi connectivity index (χ2n) is 12.8. The highest BCUT2D eigenvalue weighted by Crippen LogP contribution is 2.46. The van der Waals surface area contributed by atoms with Gasteiger partial charge in [0.05, 0.1) is 0 Å². The summed E-state index contributed by atoms with van der Waals surface area (Å²) < 4.78 is 0. The van der Waals surface area contributed by atoms with E-state index in [0.29, 0.717) is 17.4 Å². The third-order valence-corrected chi connectivity index (χ3v) is 8.40. The first kappa shape index (κ1) is 35.1. The number of aromatic hydroxyl groups is 4. The van der Waals surface area contributed by atoms with Crippen molar-refractivity contribution in [1.82, 2.24) is 0 Å². The molecule has 4 N–H and O–H groups in total. The number of benzene rings is 2. The molecular formula is C38H56O4. The van der Waals surface area contributed by atoms with Crippen molar-refractivity contribution in [2.45, 2.75) is 106 Å². The van der Waals surface area contributed by atoms with E-state index in [2.05, 4.69) is 79.7 Å². The minimum atomic E-state index is 0.120. The van der Waals surface area contributed by atoms with Crippen molar-refractivity contribution in [3.05, 3.63) is 82.5 Å². The van der Waals surface area contributed by atoms with Gasteiger partial charge in [-0.15, -0.1) is 0 Å². The van der Waals surface area contributed by atoms with Crippen molar-refractivity contribution in [3.63, 3.8) is 0 Å². The van der Waals surface area contributed by atoms with E-state index in [1.807, 2.05) is 12.1 Å². The molecule has 0 fully saturated rings. The Morgan fingerprint density at radius 3 is 1.76 bits per heavy atom. The minimum absolute atomic E-state index is 0.120. The van der Waals surface area contributed by atoms with Gasteiger partial charge in [-0.1, -0.05) is 89.8 Å². The Bertz CT molecular complexity index is 1170. The number of phenols is 4. The molecule has 0 saturated heterocycles. The molecular weight excluding hydrogens is 520 g/mol. The van der Waals surface area contributed by atoms with Crippen molar-refractivity contribution in [2.75, 3.05) is 0 Å². The number of phenolic OH excluding ortho intramolecular Hbond substituents is 4. The molecule has 0 heterocycles. The summed E-state index contributed by atoms with van der Waals surface area (Å²) in [4.78, 5) is 0. The summed E-state index contributed by atoms with van der Waals surface area (Å²) in [6, 6.07) is 8.33. The molecule has 42 heavy (non-hydrogen) atoms. The van der Waals surface area contributed by atoms with E-state index in [0.717, 1.165) is 61.5 Å². The summed E-state index contributed by atoms with van der Waals surface area (Å²) in [6.07, 6.45) is 16.4. The molecule has 0 aromatic heterocycles. The number of hydrogen-bond donors (Lipinski definition) is 4. The largest absolute Gasteiger partial charge is 0.508 e. The van der Waals surface area contributed by atoms with E-state index in [-0.39, 0.29) is 28.9 Å². The lowest BCUT2D eigenvalue weighted by Gasteiger charge is -2.33. The van der Waals surface area contributed by atoms with Crippen LogP contribution in [0.15, 0.2) is 65.8 Å². The Kier molecular flexibility index (Phi) is 14.3. The highest BCUT2D eigenvalue weighted by molar-refractivity contribution is 5.51. The summed E-state index contributed by atoms with van der Waals surface area (Å²) >= 11 is 0. The number of aryl methyl sites for hydroxylation is 2. The molecule has 4 rings (SSSR count). The van der Waals surface area contributed by atoms with Gasteiger partial charge in [0.1, 0.15) is 23.0 Å². The van der Waals surface area contributed by atoms with Gasteiger partial charge in [-0.2, -0.15) is 0 Å². The zero-order valence-electron chi connectivity index (χ0n) is 27.3. The molecule has 0 radical (unpaired) electrons. The molecule has 4 nitrogen and oxygen atoms in total. The van der Waals surface area contributed by atoms with Crippen LogP contribution < -0.4 is 0 Å². The first-order valence-electron chi connectivity index (χ1n) is 15.9. The molecule has 2 aliphatic rings. The Morgan fingerprint density at radius 1 is 0.762 bits per heavy atom. The molecule has 2 aromatic rings. The van der Waals surface area contributed by atoms with Crippen LogP contribution in [-0.4, -0.2) is 20.4 Å². The average Bonchev–Trinajstić information content (AvgIpc) is 2.89. The van der Waals surface area contributed by atoms with Crippen molar-refractivity contribution < 1.29 is 20.4 Å². The molecule has 0 saturated carbocycles. The molecule has 2 aromatic carbocycles. The highest BCUT2D eigenvalue weighted by Gasteiger charge is 2.31. The fraction of sp³-hybridized carbons (Fsp3) is 0.526. The molecule has 4 heteroatoms. The van der Waals surface area contributed by atoms with E-state index in [9.17, 15) is 10.2 Å². The van der Waals surface area contributed by atoms with Gasteiger partial charge >= 0.3 is 0 Å². The van der Waals surface area contributed by atoms with Gasteiger partial charge in [-0.25, -0.2) is 0 Å². The van der Waals surface area contributed by atoms with E-state index in [1.54, 1.807) is 12.1 Å². The summed E-state index contributed by atoms with van der Waals surface area (Å²) in [7, 11) is 0. The molecule has 0 amide bonds. The predicted molar refractivity (Wildman–Crippen MR) is 177 cm³/mol. The van der Waals surface area contributed by atoms with Crippen LogP contribution in [0.1, 0.15) is 110 Å². The van der Waals surface area contributed by atoms with Crippen molar-refractivity contribution in [3.8, 4) is 23.0 Å². The topological polar surface area (TPSA) is 80.9 Å². The predicted octanol–water partition coefficient (Wildman–Crippen LogP) is 10.4. The zero-order valence-corrected chi connectivity index (χ0v) is 27.3. The molecule has 3 atom stereocenters. The lowest BCUT2D eigenvalue weighted by molar-refractivity contribution is 0.304. The van der Waals surface area contributed by atoms with Crippen LogP contribution in [-0.2, 0) is 12.8 Å². The first-order valence-corrected chi connectivity index (χ1v) is 15.9. The Hall–Kier alpha value is -3.14. The summed E-state index contributed by atoms with van der Waals surface area (Å²) in [5.41, 5.74) is 5.47. The van der Waals surface area contributed by atoms with Crippen molar-refractivity contribution >= 4 is 0 Å². The van der Waals surface area contributed by atoms with Crippen LogP contribution in [0.3, 0.4) is 0 Å². The fourth-order valence-electron chi connectivity index (χ4n) is 5.91. The standard InChI is InChI=1S/C19H28O2.C10H16.C9H12O2/c1-5-6-14-10-17(20)19(18(21)11-14)16-9-13(4)7-8-15(16)12(2)3;1-8(2)10-6-4-9(3)5-7-10;1-2-3-7-4-8(10)6-9(11)5-7/h9-12,15-16,20-21H,5-8H2,1-4H3;4-6,8,10H,7H2,1-3H3;4-6,10-11H,2-3H2,1H3/t15-,16?;;/m0../s1. The molecule has 2 unspecified atom stereocenters. The maximum absolute atomic E-state index is 10.4. The van der Waals surface area contributed by atoms with E-state index in [4.69, 9.17) is 10.2 Å². The smallest absolute Gasteiger partial charge is 0.123 e. The minimum Gasteiger partial charge on any atom is -0.508 e. The zero-order chi connectivity index (χ0) is 31.4. The van der Waals surface area contributed by atoms with Crippen molar-refractivity contribution in [2.24, 2.45) is 23.7 Å². The number of allylic oxidation sites excluding steroid dienone is 6. The monoisotopic (exact) mass is 576 g/mol. The lowest BCUT2D eigenvalue weighted by Crippen LogP contribution is -2.21. The molecule has 232 valence electrons. The average molecular weight is 577 g/mol. The van der Waals surface area contributed by atoms with Crippen molar-refractivity contribution in [1.29, 1.82) is 0 Å². The van der Waals surface area contributed by atoms with Gasteiger partial charge in [0, 0.05) is 17.5 Å². The molecule has 0 bridgehead atoms. The quantitative estimate of drug-likeness (QED) is 0.247. The third kappa shape index (κ3) is 10.9. The third-order valence-electron chi connectivity index (χ3n) is 8.40. The maximum atomic E-state index is 10.4. The number of hydrogen-bond acceptors (Lipinski definition) is 4. The molecule has 0 spiro atoms. The van der Waals surface area contributed by atoms with Gasteiger partial charge < -0.3 is 20.4 Å². The van der Waals surface area contributed by atoms with E-state index < -0.39 is 0 Å². The Balaban J connectivity index is 0.000000246. The van der Waals surface area contributed by atoms with E-state index >= 15 is 0 Å². The van der Waals surface area contributed by atoms with Gasteiger partial charge in [0.2, 0.25) is 0 Å². The fourth-order valence-corrected chi connectivity index (χ4v) is 5.91. The number of rotatable bonds is 7. The van der Waals surface area contributed by atoms with Gasteiger partial charge in [0.25, 0.3) is 0 Å². The van der Waals surface area contributed by atoms with Crippen LogP contribution in [0.2, 0.25) is 0 Å². The molecule has 2 aliphatic carbocycles. The summed E-state index contributed by atoms with van der Waals surface area (Å²) in [6.45, 7) is 17.5. The summed E-state index contributed by atoms with van der Waals surface area (Å²) in [5.74, 6) is 3.47. The second kappa shape index (κ2) is 17.1. The SMILES string of the molecule is CC1=CCC(C(C)C)C=C1.CCCc1cc(O)c(C2C=C(C)CC[C@H]2C(C)C)c(O)c1.CCCc1cc(O)cc(O)c1. The second-order valence-corrected chi connectivity index (χ2v) is 12.8. The van der Waals surface area contributed by atoms with Crippen LogP contribution in [0.4, 0.5) is 0 Å². The highest BCUT2D eigenvalue weighted by atomic mass is 16.3. The van der Waals surface area contributed by atoms with Crippen LogP contribution >= 0.6 is 0 Å². The van der Waals surface area contributed by atoms with Crippen LogP contribution in [0, 0.1) is 23.7 Å². The normalized spacial score (nSPS) is 19.8. The van der Waals surface area contributed by atoms with Gasteiger partial charge in [-0.3, -0.25) is 0 Å². The van der Waals surface area contributed by atoms with Crippen LogP contribution in [0.25, 0.3) is 0 Å². The maximum Gasteiger partial charge on any atom is 0.123 e. The van der Waals surface area contributed by atoms with Crippen LogP contribution in [0.5, 0.6) is 23.0 Å². The van der Waals surface area contributed by atoms with Gasteiger partial charge in [-0.05, 0) is 105 Å². The van der Waals surface area contributed by atoms with E-state index in [1.165, 1.54) is 23.6 Å². The van der Waals surface area contributed by atoms with Gasteiger partial charge in [0.15, 0.2) is 0 Å². The Morgan fingerprint density at radius 2 is 1.31 bits per heavy atom. The Labute approximate surface area is 255 Å². The first-order chi connectivity index (χ1) is 19.9. The summed E-state index contributed by atoms with van der Waals surface area (Å²) in [5, 5.41) is 39.0.